The number of hydrogen-bond acceptors (Lipinski definition) is 8. The molecule has 0 amide bonds. The van der Waals surface area contributed by atoms with Crippen LogP contribution >= 0.6 is 11.3 Å². The molecule has 3 aromatic heterocycles. The highest BCUT2D eigenvalue weighted by atomic mass is 32.1. The minimum atomic E-state index is -0.293. The Bertz CT molecular complexity index is 2420. The molecule has 0 saturated heterocycles. The average molecular weight is 700 g/mol. The second-order valence-electron chi connectivity index (χ2n) is 11.7. The number of thiazole rings is 1. The number of para-hydroxylation sites is 1. The predicted molar refractivity (Wildman–Crippen MR) is 198 cm³/mol. The van der Waals surface area contributed by atoms with Crippen molar-refractivity contribution in [1.82, 2.24) is 24.4 Å². The lowest BCUT2D eigenvalue weighted by molar-refractivity contribution is 0.288. The van der Waals surface area contributed by atoms with Crippen LogP contribution in [0.5, 0.6) is 17.2 Å². The molecular formula is C40H34FN5O4S. The number of aromatic nitrogens is 5. The summed E-state index contributed by atoms with van der Waals surface area (Å²) >= 11 is 1.26. The number of rotatable bonds is 13. The highest BCUT2D eigenvalue weighted by molar-refractivity contribution is 7.15. The topological polar surface area (TPSA) is 92.8 Å². The molecule has 0 aliphatic carbocycles. The Labute approximate surface area is 297 Å². The maximum Gasteiger partial charge on any atom is 0.291 e. The first kappa shape index (κ1) is 33.4. The van der Waals surface area contributed by atoms with Gasteiger partial charge in [-0.15, -0.1) is 5.10 Å². The van der Waals surface area contributed by atoms with Crippen LogP contribution in [-0.2, 0) is 6.61 Å². The Kier molecular flexibility index (Phi) is 9.98. The van der Waals surface area contributed by atoms with Crippen LogP contribution in [0.1, 0.15) is 42.3 Å². The van der Waals surface area contributed by atoms with Crippen molar-refractivity contribution in [2.24, 2.45) is 0 Å². The lowest BCUT2D eigenvalue weighted by atomic mass is 10.1. The first-order valence-corrected chi connectivity index (χ1v) is 17.3. The summed E-state index contributed by atoms with van der Waals surface area (Å²) in [5, 5.41) is 9.39. The number of methoxy groups -OCH3 is 1. The van der Waals surface area contributed by atoms with Crippen molar-refractivity contribution in [3.05, 3.63) is 146 Å². The number of unbranched alkanes of at least 4 members (excludes halogenated alkanes) is 1. The number of fused-ring (bicyclic) bond motifs is 1. The molecule has 0 fully saturated rings. The number of benzene rings is 4. The zero-order valence-electron chi connectivity index (χ0n) is 28.0. The highest BCUT2D eigenvalue weighted by Gasteiger charge is 2.15. The van der Waals surface area contributed by atoms with E-state index in [0.29, 0.717) is 44.9 Å². The maximum absolute atomic E-state index is 13.6. The summed E-state index contributed by atoms with van der Waals surface area (Å²) in [4.78, 5) is 18.7. The number of ether oxygens (including phenoxy) is 3. The molecular weight excluding hydrogens is 666 g/mol. The summed E-state index contributed by atoms with van der Waals surface area (Å²) < 4.78 is 34.3. The first-order valence-electron chi connectivity index (χ1n) is 16.5. The third-order valence-corrected chi connectivity index (χ3v) is 9.00. The van der Waals surface area contributed by atoms with E-state index in [-0.39, 0.29) is 18.0 Å². The summed E-state index contributed by atoms with van der Waals surface area (Å²) in [5.74, 6) is 2.11. The molecule has 0 aliphatic rings. The van der Waals surface area contributed by atoms with Crippen molar-refractivity contribution in [3.63, 3.8) is 0 Å². The Hall–Kier alpha value is -6.07. The largest absolute Gasteiger partial charge is 0.493 e. The Morgan fingerprint density at radius 3 is 2.51 bits per heavy atom. The number of nitrogens with zero attached hydrogens (tertiary/aromatic N) is 5. The minimum Gasteiger partial charge on any atom is -0.493 e. The lowest BCUT2D eigenvalue weighted by Crippen LogP contribution is -2.23. The Morgan fingerprint density at radius 2 is 1.73 bits per heavy atom. The molecule has 7 aromatic rings. The smallest absolute Gasteiger partial charge is 0.291 e. The fourth-order valence-electron chi connectivity index (χ4n) is 5.38. The van der Waals surface area contributed by atoms with Gasteiger partial charge in [0.1, 0.15) is 23.9 Å². The van der Waals surface area contributed by atoms with Crippen LogP contribution < -0.4 is 24.3 Å². The van der Waals surface area contributed by atoms with Crippen LogP contribution in [0.25, 0.3) is 40.1 Å². The standard InChI is InChI=1S/C40H34FN5O4S/c1-3-4-21-49-34-19-15-27(22-35(34)48-2)16-20-37-42-40-46(43-37)39(47)36(51-40)24-30-25-45(32-10-6-5-7-11-32)44-38(30)29-9-8-12-33(23-29)50-26-28-13-17-31(41)18-14-28/h5-20,22-25H,3-4,21,26H2,1-2H3/b20-16+,36-24-. The van der Waals surface area contributed by atoms with Gasteiger partial charge in [-0.1, -0.05) is 79.3 Å². The van der Waals surface area contributed by atoms with Gasteiger partial charge in [0.15, 0.2) is 17.3 Å². The molecule has 0 unspecified atom stereocenters. The molecule has 3 heterocycles. The summed E-state index contributed by atoms with van der Waals surface area (Å²) in [7, 11) is 1.62. The summed E-state index contributed by atoms with van der Waals surface area (Å²) in [6.45, 7) is 3.04. The zero-order valence-corrected chi connectivity index (χ0v) is 28.8. The molecule has 0 spiro atoms. The number of hydrogen-bond donors (Lipinski definition) is 0. The van der Waals surface area contributed by atoms with Crippen molar-refractivity contribution >= 4 is 34.5 Å². The molecule has 4 aromatic carbocycles. The van der Waals surface area contributed by atoms with Crippen LogP contribution in [-0.4, -0.2) is 38.1 Å². The minimum absolute atomic E-state index is 0.271. The molecule has 0 saturated carbocycles. The lowest BCUT2D eigenvalue weighted by Gasteiger charge is -2.10. The molecule has 0 bridgehead atoms. The quantitative estimate of drug-likeness (QED) is 0.114. The van der Waals surface area contributed by atoms with Gasteiger partial charge < -0.3 is 14.2 Å². The van der Waals surface area contributed by atoms with Crippen molar-refractivity contribution in [2.75, 3.05) is 13.7 Å². The zero-order chi connectivity index (χ0) is 35.2. The highest BCUT2D eigenvalue weighted by Crippen LogP contribution is 2.30. The van der Waals surface area contributed by atoms with E-state index in [9.17, 15) is 9.18 Å². The van der Waals surface area contributed by atoms with Crippen LogP contribution in [0.3, 0.4) is 0 Å². The fourth-order valence-corrected chi connectivity index (χ4v) is 6.28. The van der Waals surface area contributed by atoms with Crippen molar-refractivity contribution in [1.29, 1.82) is 0 Å². The number of halogens is 1. The van der Waals surface area contributed by atoms with Gasteiger partial charge >= 0.3 is 0 Å². The fraction of sp³-hybridized carbons (Fsp3) is 0.150. The van der Waals surface area contributed by atoms with Gasteiger partial charge in [0.05, 0.1) is 23.9 Å². The first-order chi connectivity index (χ1) is 25.0. The molecule has 0 atom stereocenters. The Morgan fingerprint density at radius 1 is 0.882 bits per heavy atom. The van der Waals surface area contributed by atoms with Crippen molar-refractivity contribution < 1.29 is 18.6 Å². The molecule has 0 aliphatic heterocycles. The van der Waals surface area contributed by atoms with Gasteiger partial charge in [-0.2, -0.15) is 14.6 Å². The molecule has 0 N–H and O–H groups in total. The van der Waals surface area contributed by atoms with E-state index < -0.39 is 0 Å². The van der Waals surface area contributed by atoms with E-state index in [1.54, 1.807) is 30.0 Å². The molecule has 9 nitrogen and oxygen atoms in total. The molecule has 7 rings (SSSR count). The summed E-state index contributed by atoms with van der Waals surface area (Å²) in [6.07, 6.45) is 9.38. The van der Waals surface area contributed by atoms with E-state index in [2.05, 4.69) is 17.0 Å². The van der Waals surface area contributed by atoms with E-state index in [0.717, 1.165) is 40.8 Å². The van der Waals surface area contributed by atoms with Crippen molar-refractivity contribution in [3.8, 4) is 34.2 Å². The molecule has 256 valence electrons. The monoisotopic (exact) mass is 699 g/mol. The van der Waals surface area contributed by atoms with Gasteiger partial charge in [-0.05, 0) is 78.2 Å². The second kappa shape index (κ2) is 15.2. The third-order valence-electron chi connectivity index (χ3n) is 8.04. The third kappa shape index (κ3) is 7.73. The predicted octanol–water partition coefficient (Wildman–Crippen LogP) is 7.63. The maximum atomic E-state index is 13.6. The normalized spacial score (nSPS) is 11.9. The van der Waals surface area contributed by atoms with Gasteiger partial charge in [-0.3, -0.25) is 4.79 Å². The molecule has 0 radical (unpaired) electrons. The van der Waals surface area contributed by atoms with E-state index in [1.165, 1.54) is 28.0 Å². The van der Waals surface area contributed by atoms with Crippen LogP contribution in [0.4, 0.5) is 4.39 Å². The van der Waals surface area contributed by atoms with Crippen molar-refractivity contribution in [2.45, 2.75) is 26.4 Å². The second-order valence-corrected chi connectivity index (χ2v) is 12.7. The van der Waals surface area contributed by atoms with E-state index in [4.69, 9.17) is 19.3 Å². The average Bonchev–Trinajstić information content (AvgIpc) is 3.85. The van der Waals surface area contributed by atoms with Crippen LogP contribution in [0, 0.1) is 5.82 Å². The van der Waals surface area contributed by atoms with E-state index >= 15 is 0 Å². The van der Waals surface area contributed by atoms with E-state index in [1.807, 2.05) is 91.1 Å². The summed E-state index contributed by atoms with van der Waals surface area (Å²) in [5.41, 5.74) is 4.56. The molecule has 11 heteroatoms. The summed E-state index contributed by atoms with van der Waals surface area (Å²) in [6, 6.07) is 29.3. The van der Waals surface area contributed by atoms with Gasteiger partial charge in [0, 0.05) is 17.3 Å². The van der Waals surface area contributed by atoms with Gasteiger partial charge in [-0.25, -0.2) is 9.07 Å². The molecule has 51 heavy (non-hydrogen) atoms. The van der Waals surface area contributed by atoms with Crippen LogP contribution in [0.15, 0.2) is 108 Å². The van der Waals surface area contributed by atoms with Crippen LogP contribution in [0.2, 0.25) is 0 Å². The van der Waals surface area contributed by atoms with Gasteiger partial charge in [0.25, 0.3) is 5.56 Å². The van der Waals surface area contributed by atoms with Gasteiger partial charge in [0.2, 0.25) is 4.96 Å². The SMILES string of the molecule is CCCCOc1ccc(/C=C/c2nc3s/c(=C\c4cn(-c5ccccc5)nc4-c4cccc(OCc5ccc(F)cc5)c4)c(=O)n3n2)cc1OC. The Balaban J connectivity index is 1.17.